The van der Waals surface area contributed by atoms with E-state index in [0.29, 0.717) is 6.10 Å². The second-order valence-corrected chi connectivity index (χ2v) is 7.23. The topological polar surface area (TPSA) is 24.6 Å². The Morgan fingerprint density at radius 1 is 0.810 bits per heavy atom. The molecule has 1 heterocycles. The lowest BCUT2D eigenvalue weighted by Crippen LogP contribution is -2.20. The van der Waals surface area contributed by atoms with Crippen molar-refractivity contribution < 1.29 is 4.74 Å². The van der Waals surface area contributed by atoms with Crippen LogP contribution in [-0.2, 0) is 4.74 Å². The van der Waals surface area contributed by atoms with Crippen LogP contribution in [-0.4, -0.2) is 25.8 Å². The molecule has 126 valence electrons. The zero-order valence-corrected chi connectivity index (χ0v) is 14.7. The number of nitrogens with one attached hydrogen (secondary N) is 1. The maximum absolute atomic E-state index is 5.17. The first-order valence-electron chi connectivity index (χ1n) is 9.61. The lowest BCUT2D eigenvalue weighted by Gasteiger charge is -2.05. The van der Waals surface area contributed by atoms with E-state index in [1.54, 1.807) is 0 Å². The van der Waals surface area contributed by atoms with E-state index in [-0.39, 0.29) is 0 Å². The third kappa shape index (κ3) is 14.6. The molecule has 1 N–H and O–H groups in total. The molecule has 1 fully saturated rings. The smallest absolute Gasteiger partial charge is 0.0933 e. The second-order valence-electron chi connectivity index (χ2n) is 7.23. The molecule has 2 heteroatoms. The van der Waals surface area contributed by atoms with E-state index >= 15 is 0 Å². The summed E-state index contributed by atoms with van der Waals surface area (Å²) >= 11 is 0. The van der Waals surface area contributed by atoms with Gasteiger partial charge in [-0.2, -0.15) is 0 Å². The highest BCUT2D eigenvalue weighted by Gasteiger charge is 2.20. The highest BCUT2D eigenvalue weighted by Crippen LogP contribution is 2.13. The maximum atomic E-state index is 5.17. The van der Waals surface area contributed by atoms with Gasteiger partial charge < -0.3 is 10.1 Å². The van der Waals surface area contributed by atoms with Gasteiger partial charge in [0.05, 0.1) is 12.7 Å². The van der Waals surface area contributed by atoms with Crippen molar-refractivity contribution in [2.24, 2.45) is 5.92 Å². The molecule has 0 aromatic heterocycles. The highest BCUT2D eigenvalue weighted by molar-refractivity contribution is 4.71. The standard InChI is InChI=1S/C19H39NO/c1-18(2)14-12-10-8-6-4-3-5-7-9-11-13-15-20-16-19-17-21-19/h18-20H,3-17H2,1-2H3. The number of rotatable bonds is 16. The molecule has 0 spiro atoms. The van der Waals surface area contributed by atoms with Crippen LogP contribution in [0.25, 0.3) is 0 Å². The summed E-state index contributed by atoms with van der Waals surface area (Å²) < 4.78 is 5.17. The van der Waals surface area contributed by atoms with Crippen molar-refractivity contribution in [1.82, 2.24) is 5.32 Å². The van der Waals surface area contributed by atoms with Gasteiger partial charge >= 0.3 is 0 Å². The van der Waals surface area contributed by atoms with Gasteiger partial charge in [0.15, 0.2) is 0 Å². The Morgan fingerprint density at radius 3 is 1.76 bits per heavy atom. The van der Waals surface area contributed by atoms with Gasteiger partial charge in [0.25, 0.3) is 0 Å². The van der Waals surface area contributed by atoms with Crippen molar-refractivity contribution in [3.8, 4) is 0 Å². The minimum Gasteiger partial charge on any atom is -0.372 e. The fourth-order valence-corrected chi connectivity index (χ4v) is 2.84. The van der Waals surface area contributed by atoms with Crippen LogP contribution in [0.5, 0.6) is 0 Å². The Bertz CT molecular complexity index is 200. The van der Waals surface area contributed by atoms with E-state index in [9.17, 15) is 0 Å². The lowest BCUT2D eigenvalue weighted by molar-refractivity contribution is 0.395. The minimum absolute atomic E-state index is 0.537. The number of ether oxygens (including phenoxy) is 1. The van der Waals surface area contributed by atoms with Crippen molar-refractivity contribution in [3.63, 3.8) is 0 Å². The van der Waals surface area contributed by atoms with E-state index < -0.39 is 0 Å². The van der Waals surface area contributed by atoms with Crippen LogP contribution in [0.15, 0.2) is 0 Å². The Balaban J connectivity index is 1.61. The first-order chi connectivity index (χ1) is 10.3. The Hall–Kier alpha value is -0.0800. The SMILES string of the molecule is CC(C)CCCCCCCCCCCCCNCC1CO1. The maximum Gasteiger partial charge on any atom is 0.0933 e. The summed E-state index contributed by atoms with van der Waals surface area (Å²) in [6, 6.07) is 0. The second kappa shape index (κ2) is 13.6. The molecule has 1 aliphatic rings. The number of unbranched alkanes of at least 4 members (excludes halogenated alkanes) is 10. The summed E-state index contributed by atoms with van der Waals surface area (Å²) in [5.74, 6) is 0.891. The zero-order chi connectivity index (χ0) is 15.2. The highest BCUT2D eigenvalue weighted by atomic mass is 16.6. The molecule has 1 unspecified atom stereocenters. The monoisotopic (exact) mass is 297 g/mol. The summed E-state index contributed by atoms with van der Waals surface area (Å²) in [5.41, 5.74) is 0. The van der Waals surface area contributed by atoms with E-state index in [1.807, 2.05) is 0 Å². The quantitative estimate of drug-likeness (QED) is 0.308. The van der Waals surface area contributed by atoms with Crippen molar-refractivity contribution >= 4 is 0 Å². The average molecular weight is 298 g/mol. The number of hydrogen-bond acceptors (Lipinski definition) is 2. The lowest BCUT2D eigenvalue weighted by atomic mass is 10.0. The fraction of sp³-hybridized carbons (Fsp3) is 1.00. The summed E-state index contributed by atoms with van der Waals surface area (Å²) in [6.07, 6.45) is 17.8. The van der Waals surface area contributed by atoms with Crippen LogP contribution < -0.4 is 5.32 Å². The molecule has 0 aromatic rings. The third-order valence-electron chi connectivity index (χ3n) is 4.41. The molecule has 1 saturated heterocycles. The van der Waals surface area contributed by atoms with E-state index in [2.05, 4.69) is 19.2 Å². The molecule has 0 aliphatic carbocycles. The van der Waals surface area contributed by atoms with Crippen LogP contribution in [0.1, 0.15) is 90.9 Å². The van der Waals surface area contributed by atoms with Crippen molar-refractivity contribution in [3.05, 3.63) is 0 Å². The molecule has 0 amide bonds. The summed E-state index contributed by atoms with van der Waals surface area (Å²) in [6.45, 7) is 7.88. The van der Waals surface area contributed by atoms with Crippen LogP contribution in [0.4, 0.5) is 0 Å². The van der Waals surface area contributed by atoms with E-state index in [4.69, 9.17) is 4.74 Å². The summed E-state index contributed by atoms with van der Waals surface area (Å²) in [7, 11) is 0. The van der Waals surface area contributed by atoms with Gasteiger partial charge in [-0.1, -0.05) is 84.5 Å². The van der Waals surface area contributed by atoms with E-state index in [0.717, 1.165) is 19.1 Å². The van der Waals surface area contributed by atoms with Gasteiger partial charge in [0.1, 0.15) is 0 Å². The van der Waals surface area contributed by atoms with Gasteiger partial charge in [-0.3, -0.25) is 0 Å². The Labute approximate surface area is 133 Å². The molecule has 1 aliphatic heterocycles. The first kappa shape index (κ1) is 19.0. The molecule has 21 heavy (non-hydrogen) atoms. The average Bonchev–Trinajstić information content (AvgIpc) is 3.27. The van der Waals surface area contributed by atoms with Crippen molar-refractivity contribution in [2.45, 2.75) is 97.0 Å². The van der Waals surface area contributed by atoms with Crippen LogP contribution in [0, 0.1) is 5.92 Å². The number of hydrogen-bond donors (Lipinski definition) is 1. The van der Waals surface area contributed by atoms with E-state index in [1.165, 1.54) is 83.6 Å². The summed E-state index contributed by atoms with van der Waals surface area (Å²) in [4.78, 5) is 0. The van der Waals surface area contributed by atoms with Gasteiger partial charge in [0, 0.05) is 6.54 Å². The van der Waals surface area contributed by atoms with Crippen LogP contribution in [0.3, 0.4) is 0 Å². The normalized spacial score (nSPS) is 17.6. The molecule has 1 rings (SSSR count). The Kier molecular flexibility index (Phi) is 12.3. The molecular formula is C19H39NO. The minimum atomic E-state index is 0.537. The third-order valence-corrected chi connectivity index (χ3v) is 4.41. The van der Waals surface area contributed by atoms with Gasteiger partial charge in [-0.15, -0.1) is 0 Å². The zero-order valence-electron chi connectivity index (χ0n) is 14.7. The molecule has 0 aromatic carbocycles. The van der Waals surface area contributed by atoms with Crippen LogP contribution >= 0.6 is 0 Å². The van der Waals surface area contributed by atoms with Gasteiger partial charge in [-0.25, -0.2) is 0 Å². The molecule has 0 saturated carbocycles. The molecule has 0 bridgehead atoms. The molecule has 1 atom stereocenters. The predicted molar refractivity (Wildman–Crippen MR) is 92.9 cm³/mol. The number of epoxide rings is 1. The van der Waals surface area contributed by atoms with Crippen molar-refractivity contribution in [2.75, 3.05) is 19.7 Å². The van der Waals surface area contributed by atoms with Crippen LogP contribution in [0.2, 0.25) is 0 Å². The fourth-order valence-electron chi connectivity index (χ4n) is 2.84. The van der Waals surface area contributed by atoms with Gasteiger partial charge in [-0.05, 0) is 18.9 Å². The van der Waals surface area contributed by atoms with Gasteiger partial charge in [0.2, 0.25) is 0 Å². The molecule has 2 nitrogen and oxygen atoms in total. The molecule has 0 radical (unpaired) electrons. The largest absolute Gasteiger partial charge is 0.372 e. The first-order valence-corrected chi connectivity index (χ1v) is 9.61. The Morgan fingerprint density at radius 2 is 1.29 bits per heavy atom. The van der Waals surface area contributed by atoms with Crippen molar-refractivity contribution in [1.29, 1.82) is 0 Å². The summed E-state index contributed by atoms with van der Waals surface area (Å²) in [5, 5.41) is 3.46. The predicted octanol–water partition coefficient (Wildman–Crippen LogP) is 5.31. The molecular weight excluding hydrogens is 258 g/mol.